The fourth-order valence-corrected chi connectivity index (χ4v) is 4.90. The molecule has 8 nitrogen and oxygen atoms in total. The number of amides is 2. The number of carbonyl (C=O) groups is 2. The van der Waals surface area contributed by atoms with Crippen molar-refractivity contribution in [1.82, 2.24) is 25.4 Å². The second-order valence-electron chi connectivity index (χ2n) is 9.04. The third kappa shape index (κ3) is 5.88. The summed E-state index contributed by atoms with van der Waals surface area (Å²) < 4.78 is 43.6. The molecule has 2 aromatic rings. The van der Waals surface area contributed by atoms with Gasteiger partial charge in [0.25, 0.3) is 5.91 Å². The number of piperidine rings is 1. The normalized spacial score (nSPS) is 21.6. The predicted octanol–water partition coefficient (Wildman–Crippen LogP) is 4.22. The third-order valence-electron chi connectivity index (χ3n) is 6.82. The largest absolute Gasteiger partial charge is 0.481 e. The summed E-state index contributed by atoms with van der Waals surface area (Å²) in [5.41, 5.74) is 1.38. The number of halogens is 4. The molecule has 0 radical (unpaired) electrons. The van der Waals surface area contributed by atoms with Gasteiger partial charge in [0.1, 0.15) is 0 Å². The minimum atomic E-state index is -4.17. The Morgan fingerprint density at radius 1 is 1.14 bits per heavy atom. The zero-order chi connectivity index (χ0) is 25.2. The van der Waals surface area contributed by atoms with Gasteiger partial charge in [-0.2, -0.15) is 18.3 Å². The molecule has 0 bridgehead atoms. The molecule has 12 heteroatoms. The number of likely N-dealkylation sites (tertiary alicyclic amines) is 1. The molecule has 0 unspecified atom stereocenters. The molecule has 2 N–H and O–H groups in total. The quantitative estimate of drug-likeness (QED) is 0.623. The van der Waals surface area contributed by atoms with Gasteiger partial charge in [-0.25, -0.2) is 4.98 Å². The van der Waals surface area contributed by atoms with Crippen LogP contribution in [0.4, 0.5) is 13.2 Å². The highest BCUT2D eigenvalue weighted by molar-refractivity contribution is 6.33. The van der Waals surface area contributed by atoms with Crippen LogP contribution >= 0.6 is 11.6 Å². The van der Waals surface area contributed by atoms with E-state index < -0.39 is 12.1 Å². The second-order valence-corrected chi connectivity index (χ2v) is 9.45. The van der Waals surface area contributed by atoms with Crippen molar-refractivity contribution in [2.24, 2.45) is 11.8 Å². The predicted molar refractivity (Wildman–Crippen MR) is 122 cm³/mol. The summed E-state index contributed by atoms with van der Waals surface area (Å²) in [4.78, 5) is 31.3. The van der Waals surface area contributed by atoms with E-state index in [2.05, 4.69) is 20.5 Å². The number of aromatic nitrogens is 3. The number of rotatable bonds is 5. The van der Waals surface area contributed by atoms with E-state index in [0.717, 1.165) is 0 Å². The first kappa shape index (κ1) is 25.3. The number of nitrogens with zero attached hydrogens (tertiary/aromatic N) is 3. The Labute approximate surface area is 205 Å². The van der Waals surface area contributed by atoms with Gasteiger partial charge in [0.2, 0.25) is 11.8 Å². The highest BCUT2D eigenvalue weighted by Crippen LogP contribution is 2.37. The molecule has 3 heterocycles. The number of pyridine rings is 1. The van der Waals surface area contributed by atoms with Crippen molar-refractivity contribution in [1.29, 1.82) is 0 Å². The van der Waals surface area contributed by atoms with E-state index in [1.807, 2.05) is 0 Å². The van der Waals surface area contributed by atoms with Crippen LogP contribution in [-0.2, 0) is 4.79 Å². The average Bonchev–Trinajstić information content (AvgIpc) is 3.34. The topological polar surface area (TPSA) is 100 Å². The minimum absolute atomic E-state index is 0.0462. The fraction of sp³-hybridized carbons (Fsp3) is 0.565. The molecule has 35 heavy (non-hydrogen) atoms. The van der Waals surface area contributed by atoms with Crippen LogP contribution in [0.3, 0.4) is 0 Å². The SMILES string of the molecule is COc1cc(-c2cc(C(=O)N3CCC(C(=O)N[C@H]4CC[C@@H](C(F)(F)F)CC4)CC3)n[nH]2)c(Cl)cn1. The highest BCUT2D eigenvalue weighted by Gasteiger charge is 2.42. The molecule has 190 valence electrons. The lowest BCUT2D eigenvalue weighted by Gasteiger charge is -2.34. The minimum Gasteiger partial charge on any atom is -0.481 e. The van der Waals surface area contributed by atoms with Gasteiger partial charge in [0.05, 0.1) is 29.9 Å². The Morgan fingerprint density at radius 2 is 1.83 bits per heavy atom. The van der Waals surface area contributed by atoms with E-state index >= 15 is 0 Å². The molecule has 2 aromatic heterocycles. The van der Waals surface area contributed by atoms with Crippen LogP contribution in [0.25, 0.3) is 11.3 Å². The Bertz CT molecular complexity index is 1060. The lowest BCUT2D eigenvalue weighted by Crippen LogP contribution is -2.46. The van der Waals surface area contributed by atoms with Gasteiger partial charge in [-0.1, -0.05) is 11.6 Å². The number of aromatic amines is 1. The molecule has 2 aliphatic rings. The molecule has 0 spiro atoms. The zero-order valence-corrected chi connectivity index (χ0v) is 20.0. The van der Waals surface area contributed by atoms with Gasteiger partial charge in [-0.15, -0.1) is 0 Å². The van der Waals surface area contributed by atoms with E-state index in [9.17, 15) is 22.8 Å². The summed E-state index contributed by atoms with van der Waals surface area (Å²) in [5.74, 6) is -1.56. The van der Waals surface area contributed by atoms with Crippen LogP contribution in [0, 0.1) is 11.8 Å². The fourth-order valence-electron chi connectivity index (χ4n) is 4.70. The van der Waals surface area contributed by atoms with Crippen LogP contribution in [0.15, 0.2) is 18.3 Å². The number of H-pyrrole nitrogens is 1. The van der Waals surface area contributed by atoms with E-state index in [4.69, 9.17) is 16.3 Å². The molecule has 2 fully saturated rings. The van der Waals surface area contributed by atoms with Crippen molar-refractivity contribution in [2.75, 3.05) is 20.2 Å². The van der Waals surface area contributed by atoms with Gasteiger partial charge in [-0.3, -0.25) is 14.7 Å². The maximum atomic E-state index is 12.9. The van der Waals surface area contributed by atoms with Gasteiger partial charge in [0, 0.05) is 36.7 Å². The second kappa shape index (κ2) is 10.4. The summed E-state index contributed by atoms with van der Waals surface area (Å²) in [6, 6.07) is 3.03. The third-order valence-corrected chi connectivity index (χ3v) is 7.12. The van der Waals surface area contributed by atoms with Gasteiger partial charge >= 0.3 is 6.18 Å². The molecule has 1 aliphatic carbocycles. The van der Waals surface area contributed by atoms with E-state index in [-0.39, 0.29) is 42.3 Å². The number of carbonyl (C=O) groups excluding carboxylic acids is 2. The van der Waals surface area contributed by atoms with Crippen LogP contribution in [-0.4, -0.2) is 64.3 Å². The number of ether oxygens (including phenoxy) is 1. The van der Waals surface area contributed by atoms with Crippen molar-refractivity contribution in [3.8, 4) is 17.1 Å². The van der Waals surface area contributed by atoms with Crippen molar-refractivity contribution in [3.05, 3.63) is 29.0 Å². The molecule has 1 saturated carbocycles. The van der Waals surface area contributed by atoms with E-state index in [1.165, 1.54) is 13.3 Å². The first-order valence-electron chi connectivity index (χ1n) is 11.6. The van der Waals surface area contributed by atoms with Crippen LogP contribution in [0.1, 0.15) is 49.0 Å². The van der Waals surface area contributed by atoms with E-state index in [1.54, 1.807) is 17.0 Å². The van der Waals surface area contributed by atoms with Crippen LogP contribution in [0.2, 0.25) is 5.02 Å². The number of alkyl halides is 3. The molecule has 0 atom stereocenters. The smallest absolute Gasteiger partial charge is 0.391 e. The van der Waals surface area contributed by atoms with Gasteiger partial charge in [0.15, 0.2) is 5.69 Å². The Balaban J connectivity index is 1.28. The molecule has 0 aromatic carbocycles. The Morgan fingerprint density at radius 3 is 2.46 bits per heavy atom. The first-order valence-corrected chi connectivity index (χ1v) is 11.9. The Hall–Kier alpha value is -2.82. The summed E-state index contributed by atoms with van der Waals surface area (Å²) in [5, 5.41) is 10.2. The first-order chi connectivity index (χ1) is 16.7. The molecule has 4 rings (SSSR count). The molecule has 2 amide bonds. The van der Waals surface area contributed by atoms with Crippen molar-refractivity contribution in [3.63, 3.8) is 0 Å². The standard InChI is InChI=1S/C23H27ClF3N5O3/c1-35-20-10-16(17(24)12-28-20)18-11-19(31-30-18)22(34)32-8-6-13(7-9-32)21(33)29-15-4-2-14(3-5-15)23(25,26)27/h10-15H,2-9H2,1H3,(H,29,33)(H,30,31)/t14-,15+. The molecular weight excluding hydrogens is 487 g/mol. The number of methoxy groups -OCH3 is 1. The number of hydrogen-bond acceptors (Lipinski definition) is 5. The summed E-state index contributed by atoms with van der Waals surface area (Å²) in [6.07, 6.45) is -0.976. The number of hydrogen-bond donors (Lipinski definition) is 2. The lowest BCUT2D eigenvalue weighted by atomic mass is 9.85. The van der Waals surface area contributed by atoms with E-state index in [0.29, 0.717) is 60.9 Å². The Kier molecular flexibility index (Phi) is 7.53. The van der Waals surface area contributed by atoms with Crippen LogP contribution in [0.5, 0.6) is 5.88 Å². The maximum absolute atomic E-state index is 12.9. The zero-order valence-electron chi connectivity index (χ0n) is 19.2. The summed E-state index contributed by atoms with van der Waals surface area (Å²) in [6.45, 7) is 0.785. The molecule has 1 saturated heterocycles. The van der Waals surface area contributed by atoms with Crippen LogP contribution < -0.4 is 10.1 Å². The van der Waals surface area contributed by atoms with Crippen molar-refractivity contribution >= 4 is 23.4 Å². The number of nitrogens with one attached hydrogen (secondary N) is 2. The van der Waals surface area contributed by atoms with Crippen molar-refractivity contribution in [2.45, 2.75) is 50.7 Å². The highest BCUT2D eigenvalue weighted by atomic mass is 35.5. The van der Waals surface area contributed by atoms with Crippen molar-refractivity contribution < 1.29 is 27.5 Å². The monoisotopic (exact) mass is 513 g/mol. The molecule has 1 aliphatic heterocycles. The van der Waals surface area contributed by atoms with Gasteiger partial charge < -0.3 is 15.0 Å². The summed E-state index contributed by atoms with van der Waals surface area (Å²) >= 11 is 6.22. The average molecular weight is 514 g/mol. The van der Waals surface area contributed by atoms with Gasteiger partial charge in [-0.05, 0) is 44.6 Å². The lowest BCUT2D eigenvalue weighted by molar-refractivity contribution is -0.182. The maximum Gasteiger partial charge on any atom is 0.391 e. The molecular formula is C23H27ClF3N5O3. The summed E-state index contributed by atoms with van der Waals surface area (Å²) in [7, 11) is 1.49.